The van der Waals surface area contributed by atoms with Crippen LogP contribution >= 0.6 is 15.9 Å². The highest BCUT2D eigenvalue weighted by atomic mass is 79.9. The summed E-state index contributed by atoms with van der Waals surface area (Å²) in [5.74, 6) is 0. The fourth-order valence-corrected chi connectivity index (χ4v) is 3.84. The van der Waals surface area contributed by atoms with Crippen LogP contribution in [0.25, 0.3) is 43.7 Å². The molecule has 24 heavy (non-hydrogen) atoms. The molecule has 1 aromatic heterocycles. The first-order chi connectivity index (χ1) is 11.8. The maximum atomic E-state index is 3.64. The van der Waals surface area contributed by atoms with Gasteiger partial charge >= 0.3 is 0 Å². The van der Waals surface area contributed by atoms with E-state index in [4.69, 9.17) is 0 Å². The van der Waals surface area contributed by atoms with Crippen LogP contribution in [0.4, 0.5) is 0 Å². The summed E-state index contributed by atoms with van der Waals surface area (Å²) < 4.78 is 1.10. The molecule has 0 aliphatic carbocycles. The minimum atomic E-state index is 1.10. The lowest BCUT2D eigenvalue weighted by Crippen LogP contribution is -1.77. The van der Waals surface area contributed by atoms with E-state index in [1.165, 1.54) is 43.7 Å². The summed E-state index contributed by atoms with van der Waals surface area (Å²) in [4.78, 5) is 3.64. The van der Waals surface area contributed by atoms with Gasteiger partial charge in [-0.15, -0.1) is 0 Å². The van der Waals surface area contributed by atoms with Crippen LogP contribution in [-0.2, 0) is 0 Å². The minimum absolute atomic E-state index is 1.10. The standard InChI is InChI=1S/C22H14BrN/c23-17-9-6-15-7-11-19-18-10-8-16(14-4-2-1-3-5-14)12-21(18)24-22(19)20(15)13-17/h1-13,24H. The first-order valence-corrected chi connectivity index (χ1v) is 8.78. The SMILES string of the molecule is Brc1ccc2ccc3c4ccc(-c5ccccc5)cc4[nH]c3c2c1. The molecular formula is C22H14BrN. The second kappa shape index (κ2) is 5.22. The molecule has 5 aromatic rings. The van der Waals surface area contributed by atoms with E-state index < -0.39 is 0 Å². The van der Waals surface area contributed by atoms with Crippen molar-refractivity contribution < 1.29 is 0 Å². The van der Waals surface area contributed by atoms with Crippen molar-refractivity contribution in [1.29, 1.82) is 0 Å². The molecule has 0 fully saturated rings. The maximum Gasteiger partial charge on any atom is 0.0544 e. The summed E-state index contributed by atoms with van der Waals surface area (Å²) in [6.07, 6.45) is 0. The Morgan fingerprint density at radius 2 is 1.42 bits per heavy atom. The van der Waals surface area contributed by atoms with Gasteiger partial charge < -0.3 is 4.98 Å². The second-order valence-corrected chi connectivity index (χ2v) is 7.02. The van der Waals surface area contributed by atoms with E-state index in [0.29, 0.717) is 0 Å². The van der Waals surface area contributed by atoms with Crippen molar-refractivity contribution in [3.63, 3.8) is 0 Å². The number of fused-ring (bicyclic) bond motifs is 5. The van der Waals surface area contributed by atoms with Gasteiger partial charge in [0.1, 0.15) is 0 Å². The van der Waals surface area contributed by atoms with Crippen molar-refractivity contribution in [1.82, 2.24) is 4.98 Å². The number of H-pyrrole nitrogens is 1. The molecule has 1 N–H and O–H groups in total. The molecule has 0 saturated heterocycles. The van der Waals surface area contributed by atoms with Crippen LogP contribution in [0.15, 0.2) is 83.3 Å². The van der Waals surface area contributed by atoms with Crippen LogP contribution in [-0.4, -0.2) is 4.98 Å². The lowest BCUT2D eigenvalue weighted by Gasteiger charge is -2.01. The predicted octanol–water partition coefficient (Wildman–Crippen LogP) is 6.90. The minimum Gasteiger partial charge on any atom is -0.354 e. The van der Waals surface area contributed by atoms with Crippen LogP contribution in [0.5, 0.6) is 0 Å². The van der Waals surface area contributed by atoms with Crippen LogP contribution in [0.3, 0.4) is 0 Å². The fraction of sp³-hybridized carbons (Fsp3) is 0. The molecule has 0 bridgehead atoms. The molecule has 0 saturated carbocycles. The van der Waals surface area contributed by atoms with Gasteiger partial charge in [0, 0.05) is 26.1 Å². The number of rotatable bonds is 1. The van der Waals surface area contributed by atoms with E-state index in [9.17, 15) is 0 Å². The van der Waals surface area contributed by atoms with E-state index in [0.717, 1.165) is 4.47 Å². The third-order valence-electron chi connectivity index (χ3n) is 4.66. The molecule has 0 aliphatic rings. The van der Waals surface area contributed by atoms with E-state index in [1.54, 1.807) is 0 Å². The van der Waals surface area contributed by atoms with Crippen LogP contribution in [0.2, 0.25) is 0 Å². The Bertz CT molecular complexity index is 1200. The average molecular weight is 372 g/mol. The Morgan fingerprint density at radius 1 is 0.625 bits per heavy atom. The summed E-state index contributed by atoms with van der Waals surface area (Å²) >= 11 is 3.59. The lowest BCUT2D eigenvalue weighted by atomic mass is 10.0. The molecule has 0 atom stereocenters. The Labute approximate surface area is 148 Å². The van der Waals surface area contributed by atoms with E-state index in [2.05, 4.69) is 99.8 Å². The van der Waals surface area contributed by atoms with Gasteiger partial charge in [-0.25, -0.2) is 0 Å². The van der Waals surface area contributed by atoms with Crippen LogP contribution < -0.4 is 0 Å². The monoisotopic (exact) mass is 371 g/mol. The molecule has 0 aliphatic heterocycles. The smallest absolute Gasteiger partial charge is 0.0544 e. The molecule has 0 amide bonds. The lowest BCUT2D eigenvalue weighted by molar-refractivity contribution is 1.55. The number of nitrogens with one attached hydrogen (secondary N) is 1. The van der Waals surface area contributed by atoms with Gasteiger partial charge in [-0.2, -0.15) is 0 Å². The van der Waals surface area contributed by atoms with Crippen molar-refractivity contribution >= 4 is 48.5 Å². The van der Waals surface area contributed by atoms with Crippen molar-refractivity contribution in [2.75, 3.05) is 0 Å². The Hall–Kier alpha value is -2.58. The highest BCUT2D eigenvalue weighted by Gasteiger charge is 2.09. The van der Waals surface area contributed by atoms with Gasteiger partial charge in [0.15, 0.2) is 0 Å². The molecule has 0 spiro atoms. The first kappa shape index (κ1) is 13.8. The third kappa shape index (κ3) is 2.07. The Kier molecular flexibility index (Phi) is 3.00. The molecule has 2 heteroatoms. The molecule has 0 radical (unpaired) electrons. The van der Waals surface area contributed by atoms with Crippen molar-refractivity contribution in [2.45, 2.75) is 0 Å². The molecule has 1 heterocycles. The number of hydrogen-bond acceptors (Lipinski definition) is 0. The Morgan fingerprint density at radius 3 is 2.29 bits per heavy atom. The zero-order chi connectivity index (χ0) is 16.1. The second-order valence-electron chi connectivity index (χ2n) is 6.10. The number of halogens is 1. The molecule has 4 aromatic carbocycles. The Balaban J connectivity index is 1.83. The van der Waals surface area contributed by atoms with E-state index in [1.807, 2.05) is 0 Å². The first-order valence-electron chi connectivity index (χ1n) is 7.99. The van der Waals surface area contributed by atoms with Gasteiger partial charge in [-0.05, 0) is 34.7 Å². The molecule has 0 unspecified atom stereocenters. The van der Waals surface area contributed by atoms with Crippen molar-refractivity contribution in [2.24, 2.45) is 0 Å². The summed E-state index contributed by atoms with van der Waals surface area (Å²) in [6, 6.07) is 28.0. The van der Waals surface area contributed by atoms with Crippen molar-refractivity contribution in [3.05, 3.63) is 83.3 Å². The molecular weight excluding hydrogens is 358 g/mol. The highest BCUT2D eigenvalue weighted by Crippen LogP contribution is 2.34. The summed E-state index contributed by atoms with van der Waals surface area (Å²) in [6.45, 7) is 0. The largest absolute Gasteiger partial charge is 0.354 e. The molecule has 5 rings (SSSR count). The number of hydrogen-bond donors (Lipinski definition) is 1. The number of aromatic nitrogens is 1. The highest BCUT2D eigenvalue weighted by molar-refractivity contribution is 9.10. The topological polar surface area (TPSA) is 15.8 Å². The fourth-order valence-electron chi connectivity index (χ4n) is 3.48. The molecule has 1 nitrogen and oxygen atoms in total. The van der Waals surface area contributed by atoms with Gasteiger partial charge in [-0.3, -0.25) is 0 Å². The number of aromatic amines is 1. The quantitative estimate of drug-likeness (QED) is 0.329. The van der Waals surface area contributed by atoms with Gasteiger partial charge in [-0.1, -0.05) is 76.6 Å². The van der Waals surface area contributed by atoms with Crippen LogP contribution in [0.1, 0.15) is 0 Å². The zero-order valence-corrected chi connectivity index (χ0v) is 14.5. The van der Waals surface area contributed by atoms with Gasteiger partial charge in [0.2, 0.25) is 0 Å². The summed E-state index contributed by atoms with van der Waals surface area (Å²) in [5.41, 5.74) is 4.86. The van der Waals surface area contributed by atoms with Gasteiger partial charge in [0.05, 0.1) is 5.52 Å². The predicted molar refractivity (Wildman–Crippen MR) is 106 cm³/mol. The number of benzene rings is 4. The van der Waals surface area contributed by atoms with E-state index >= 15 is 0 Å². The summed E-state index contributed by atoms with van der Waals surface area (Å²) in [5, 5.41) is 5.04. The zero-order valence-electron chi connectivity index (χ0n) is 12.9. The third-order valence-corrected chi connectivity index (χ3v) is 5.15. The van der Waals surface area contributed by atoms with Crippen LogP contribution in [0, 0.1) is 0 Å². The van der Waals surface area contributed by atoms with Gasteiger partial charge in [0.25, 0.3) is 0 Å². The summed E-state index contributed by atoms with van der Waals surface area (Å²) in [7, 11) is 0. The average Bonchev–Trinajstić information content (AvgIpc) is 3.00. The van der Waals surface area contributed by atoms with Crippen molar-refractivity contribution in [3.8, 4) is 11.1 Å². The van der Waals surface area contributed by atoms with E-state index in [-0.39, 0.29) is 0 Å². The molecule has 114 valence electrons. The normalized spacial score (nSPS) is 11.5. The maximum absolute atomic E-state index is 3.64.